The molecule has 0 spiro atoms. The van der Waals surface area contributed by atoms with E-state index in [1.807, 2.05) is 66.9 Å². The topological polar surface area (TPSA) is 59.0 Å². The van der Waals surface area contributed by atoms with Crippen molar-refractivity contribution in [2.45, 2.75) is 26.3 Å². The third kappa shape index (κ3) is 5.45. The molecule has 1 heterocycles. The van der Waals surface area contributed by atoms with Crippen molar-refractivity contribution >= 4 is 11.6 Å². The molecule has 1 atom stereocenters. The van der Waals surface area contributed by atoms with Crippen molar-refractivity contribution in [1.82, 2.24) is 15.1 Å². The van der Waals surface area contributed by atoms with Gasteiger partial charge in [0.25, 0.3) is 0 Å². The van der Waals surface area contributed by atoms with E-state index in [9.17, 15) is 4.79 Å². The minimum Gasteiger partial charge on any atom is -0.380 e. The van der Waals surface area contributed by atoms with Crippen molar-refractivity contribution < 1.29 is 4.79 Å². The van der Waals surface area contributed by atoms with Crippen molar-refractivity contribution in [3.8, 4) is 5.69 Å². The zero-order valence-electron chi connectivity index (χ0n) is 15.8. The van der Waals surface area contributed by atoms with E-state index >= 15 is 0 Å². The first-order valence-electron chi connectivity index (χ1n) is 9.29. The second-order valence-electron chi connectivity index (χ2n) is 6.97. The number of aromatic nitrogens is 2. The van der Waals surface area contributed by atoms with Crippen LogP contribution in [0.5, 0.6) is 0 Å². The molecule has 5 nitrogen and oxygen atoms in total. The van der Waals surface area contributed by atoms with E-state index in [1.165, 1.54) is 0 Å². The molecular weight excluding hydrogens is 336 g/mol. The molecule has 0 radical (unpaired) electrons. The summed E-state index contributed by atoms with van der Waals surface area (Å²) < 4.78 is 1.79. The van der Waals surface area contributed by atoms with E-state index in [4.69, 9.17) is 0 Å². The Labute approximate surface area is 160 Å². The van der Waals surface area contributed by atoms with Crippen LogP contribution in [0.15, 0.2) is 73.1 Å². The molecule has 3 rings (SSSR count). The van der Waals surface area contributed by atoms with E-state index in [1.54, 1.807) is 10.9 Å². The van der Waals surface area contributed by atoms with Gasteiger partial charge in [-0.1, -0.05) is 50.2 Å². The highest BCUT2D eigenvalue weighted by molar-refractivity contribution is 5.78. The van der Waals surface area contributed by atoms with Gasteiger partial charge in [-0.25, -0.2) is 4.68 Å². The van der Waals surface area contributed by atoms with Crippen LogP contribution in [0.4, 0.5) is 5.69 Å². The van der Waals surface area contributed by atoms with Gasteiger partial charge in [0, 0.05) is 24.5 Å². The summed E-state index contributed by atoms with van der Waals surface area (Å²) in [6, 6.07) is 20.1. The predicted octanol–water partition coefficient (Wildman–Crippen LogP) is 3.67. The highest BCUT2D eigenvalue weighted by atomic mass is 16.1. The van der Waals surface area contributed by atoms with Crippen LogP contribution >= 0.6 is 0 Å². The van der Waals surface area contributed by atoms with Gasteiger partial charge in [-0.05, 0) is 35.7 Å². The Kier molecular flexibility index (Phi) is 6.26. The van der Waals surface area contributed by atoms with Gasteiger partial charge >= 0.3 is 0 Å². The Morgan fingerprint density at radius 3 is 2.37 bits per heavy atom. The first-order chi connectivity index (χ1) is 13.1. The van der Waals surface area contributed by atoms with Crippen molar-refractivity contribution in [3.63, 3.8) is 0 Å². The highest BCUT2D eigenvalue weighted by Gasteiger charge is 2.15. The summed E-state index contributed by atoms with van der Waals surface area (Å²) in [4.78, 5) is 12.4. The van der Waals surface area contributed by atoms with Gasteiger partial charge in [0.05, 0.1) is 18.3 Å². The molecule has 0 saturated carbocycles. The first-order valence-corrected chi connectivity index (χ1v) is 9.29. The van der Waals surface area contributed by atoms with Crippen LogP contribution in [-0.2, 0) is 11.2 Å². The molecule has 1 unspecified atom stereocenters. The molecular formula is C22H26N4O. The number of rotatable bonds is 8. The maximum atomic E-state index is 12.4. The van der Waals surface area contributed by atoms with Gasteiger partial charge in [-0.15, -0.1) is 0 Å². The Balaban J connectivity index is 1.53. The first kappa shape index (κ1) is 18.7. The number of para-hydroxylation sites is 2. The third-order valence-electron chi connectivity index (χ3n) is 4.47. The Morgan fingerprint density at radius 1 is 1.04 bits per heavy atom. The van der Waals surface area contributed by atoms with Crippen LogP contribution in [0.1, 0.15) is 19.4 Å². The molecule has 0 aliphatic heterocycles. The molecule has 0 saturated heterocycles. The third-order valence-corrected chi connectivity index (χ3v) is 4.47. The lowest BCUT2D eigenvalue weighted by atomic mass is 10.0. The van der Waals surface area contributed by atoms with Crippen LogP contribution in [-0.4, -0.2) is 28.3 Å². The average Bonchev–Trinajstić information content (AvgIpc) is 3.15. The van der Waals surface area contributed by atoms with Gasteiger partial charge in [0.2, 0.25) is 5.91 Å². The molecule has 2 N–H and O–H groups in total. The van der Waals surface area contributed by atoms with Crippen molar-refractivity contribution in [2.75, 3.05) is 11.9 Å². The maximum Gasteiger partial charge on any atom is 0.224 e. The molecule has 27 heavy (non-hydrogen) atoms. The van der Waals surface area contributed by atoms with Gasteiger partial charge in [-0.2, -0.15) is 5.10 Å². The van der Waals surface area contributed by atoms with Crippen molar-refractivity contribution in [1.29, 1.82) is 0 Å². The molecule has 1 aromatic heterocycles. The number of amides is 1. The fourth-order valence-electron chi connectivity index (χ4n) is 2.85. The number of carbonyl (C=O) groups excluding carboxylic acids is 1. The van der Waals surface area contributed by atoms with E-state index in [0.29, 0.717) is 18.9 Å². The van der Waals surface area contributed by atoms with Crippen LogP contribution in [0.2, 0.25) is 0 Å². The van der Waals surface area contributed by atoms with Gasteiger partial charge in [-0.3, -0.25) is 4.79 Å². The van der Waals surface area contributed by atoms with E-state index in [2.05, 4.69) is 29.6 Å². The summed E-state index contributed by atoms with van der Waals surface area (Å²) in [5.41, 5.74) is 2.94. The summed E-state index contributed by atoms with van der Waals surface area (Å²) in [5, 5.41) is 10.9. The summed E-state index contributed by atoms with van der Waals surface area (Å²) >= 11 is 0. The minimum absolute atomic E-state index is 0.00289. The van der Waals surface area contributed by atoms with Crippen LogP contribution in [0.25, 0.3) is 5.69 Å². The monoisotopic (exact) mass is 362 g/mol. The lowest BCUT2D eigenvalue weighted by Gasteiger charge is -2.24. The molecule has 0 aliphatic carbocycles. The van der Waals surface area contributed by atoms with Gasteiger partial charge in [0.1, 0.15) is 0 Å². The van der Waals surface area contributed by atoms with E-state index in [-0.39, 0.29) is 11.9 Å². The Hall–Kier alpha value is -3.08. The number of anilines is 1. The number of nitrogens with one attached hydrogen (secondary N) is 2. The molecule has 1 amide bonds. The highest BCUT2D eigenvalue weighted by Crippen LogP contribution is 2.12. The second-order valence-corrected chi connectivity index (χ2v) is 6.97. The molecule has 140 valence electrons. The minimum atomic E-state index is 0.00289. The molecule has 0 fully saturated rings. The predicted molar refractivity (Wildman–Crippen MR) is 109 cm³/mol. The average molecular weight is 362 g/mol. The quantitative estimate of drug-likeness (QED) is 0.643. The van der Waals surface area contributed by atoms with Gasteiger partial charge in [0.15, 0.2) is 0 Å². The van der Waals surface area contributed by atoms with Crippen LogP contribution in [0, 0.1) is 5.92 Å². The second kappa shape index (κ2) is 9.03. The number of nitrogens with zero attached hydrogens (tertiary/aromatic N) is 2. The van der Waals surface area contributed by atoms with E-state index < -0.39 is 0 Å². The Morgan fingerprint density at radius 2 is 1.70 bits per heavy atom. The lowest BCUT2D eigenvalue weighted by Crippen LogP contribution is -2.40. The smallest absolute Gasteiger partial charge is 0.224 e. The SMILES string of the molecule is CC(C)C(CNC(=O)Cc1cnn(-c2ccccc2)c1)Nc1ccccc1. The molecule has 5 heteroatoms. The largest absolute Gasteiger partial charge is 0.380 e. The summed E-state index contributed by atoms with van der Waals surface area (Å²) in [6.07, 6.45) is 3.97. The standard InChI is InChI=1S/C22H26N4O/c1-17(2)21(25-19-9-5-3-6-10-19)15-23-22(27)13-18-14-24-26(16-18)20-11-7-4-8-12-20/h3-12,14,16-17,21,25H,13,15H2,1-2H3,(H,23,27). The molecule has 0 aliphatic rings. The lowest BCUT2D eigenvalue weighted by molar-refractivity contribution is -0.120. The molecule has 0 bridgehead atoms. The molecule has 2 aromatic carbocycles. The normalized spacial score (nSPS) is 12.0. The van der Waals surface area contributed by atoms with Crippen molar-refractivity contribution in [3.05, 3.63) is 78.6 Å². The zero-order chi connectivity index (χ0) is 19.1. The Bertz CT molecular complexity index is 843. The fourth-order valence-corrected chi connectivity index (χ4v) is 2.85. The number of hydrogen-bond donors (Lipinski definition) is 2. The summed E-state index contributed by atoms with van der Waals surface area (Å²) in [5.74, 6) is 0.398. The summed E-state index contributed by atoms with van der Waals surface area (Å²) in [7, 11) is 0. The molecule has 3 aromatic rings. The van der Waals surface area contributed by atoms with Crippen molar-refractivity contribution in [2.24, 2.45) is 5.92 Å². The van der Waals surface area contributed by atoms with Gasteiger partial charge < -0.3 is 10.6 Å². The number of hydrogen-bond acceptors (Lipinski definition) is 3. The van der Waals surface area contributed by atoms with Crippen LogP contribution in [0.3, 0.4) is 0 Å². The summed E-state index contributed by atoms with van der Waals surface area (Å²) in [6.45, 7) is 4.88. The number of benzene rings is 2. The maximum absolute atomic E-state index is 12.4. The fraction of sp³-hybridized carbons (Fsp3) is 0.273. The zero-order valence-corrected chi connectivity index (χ0v) is 15.8. The van der Waals surface area contributed by atoms with Crippen LogP contribution < -0.4 is 10.6 Å². The number of carbonyl (C=O) groups is 1. The van der Waals surface area contributed by atoms with E-state index in [0.717, 1.165) is 16.9 Å².